The van der Waals surface area contributed by atoms with Crippen molar-refractivity contribution in [1.82, 2.24) is 19.2 Å². The Morgan fingerprint density at radius 2 is 2.11 bits per heavy atom. The first-order chi connectivity index (χ1) is 12.8. The molecule has 2 aromatic rings. The SMILES string of the molecule is CCCn1c(-c2cccc(C)c2)nn(CN(CC)[C@H]2CCS(=O)(=O)C2)c1=S. The van der Waals surface area contributed by atoms with Gasteiger partial charge in [-0.05, 0) is 44.6 Å². The Balaban J connectivity index is 1.94. The van der Waals surface area contributed by atoms with E-state index in [0.717, 1.165) is 30.9 Å². The zero-order chi connectivity index (χ0) is 19.6. The van der Waals surface area contributed by atoms with E-state index in [-0.39, 0.29) is 17.5 Å². The Hall–Kier alpha value is -1.51. The Labute approximate surface area is 166 Å². The topological polar surface area (TPSA) is 60.1 Å². The van der Waals surface area contributed by atoms with Crippen molar-refractivity contribution < 1.29 is 8.42 Å². The second kappa shape index (κ2) is 8.24. The van der Waals surface area contributed by atoms with Gasteiger partial charge in [-0.15, -0.1) is 0 Å². The molecule has 0 saturated carbocycles. The van der Waals surface area contributed by atoms with Gasteiger partial charge >= 0.3 is 0 Å². The Morgan fingerprint density at radius 3 is 2.70 bits per heavy atom. The molecule has 3 rings (SSSR count). The van der Waals surface area contributed by atoms with E-state index in [0.29, 0.717) is 17.9 Å². The second-order valence-corrected chi connectivity index (χ2v) is 9.82. The highest BCUT2D eigenvalue weighted by Crippen LogP contribution is 2.22. The third-order valence-corrected chi connectivity index (χ3v) is 7.27. The van der Waals surface area contributed by atoms with Crippen LogP contribution in [-0.2, 0) is 23.1 Å². The molecule has 0 spiro atoms. The van der Waals surface area contributed by atoms with Crippen molar-refractivity contribution in [3.05, 3.63) is 34.6 Å². The number of benzene rings is 1. The Kier molecular flexibility index (Phi) is 6.18. The first-order valence-electron chi connectivity index (χ1n) is 9.53. The summed E-state index contributed by atoms with van der Waals surface area (Å²) >= 11 is 5.72. The molecular formula is C19H28N4O2S2. The van der Waals surface area contributed by atoms with E-state index in [9.17, 15) is 8.42 Å². The molecule has 1 fully saturated rings. The summed E-state index contributed by atoms with van der Waals surface area (Å²) in [6, 6.07) is 8.32. The lowest BCUT2D eigenvalue weighted by atomic mass is 10.1. The molecule has 1 aliphatic heterocycles. The molecule has 6 nitrogen and oxygen atoms in total. The maximum absolute atomic E-state index is 11.9. The van der Waals surface area contributed by atoms with Crippen molar-refractivity contribution in [3.63, 3.8) is 0 Å². The van der Waals surface area contributed by atoms with Crippen LogP contribution in [0.1, 0.15) is 32.3 Å². The monoisotopic (exact) mass is 408 g/mol. The summed E-state index contributed by atoms with van der Waals surface area (Å²) in [6.07, 6.45) is 1.65. The first-order valence-corrected chi connectivity index (χ1v) is 11.8. The van der Waals surface area contributed by atoms with E-state index < -0.39 is 9.84 Å². The normalized spacial score (nSPS) is 19.0. The molecule has 1 atom stereocenters. The molecule has 0 radical (unpaired) electrons. The fraction of sp³-hybridized carbons (Fsp3) is 0.579. The molecule has 8 heteroatoms. The van der Waals surface area contributed by atoms with Crippen molar-refractivity contribution in [3.8, 4) is 11.4 Å². The Bertz CT molecular complexity index is 962. The molecule has 1 aromatic heterocycles. The second-order valence-electron chi connectivity index (χ2n) is 7.23. The van der Waals surface area contributed by atoms with Gasteiger partial charge in [-0.2, -0.15) is 5.10 Å². The van der Waals surface area contributed by atoms with Crippen LogP contribution in [0.15, 0.2) is 24.3 Å². The van der Waals surface area contributed by atoms with E-state index in [1.54, 1.807) is 0 Å². The zero-order valence-corrected chi connectivity index (χ0v) is 17.9. The highest BCUT2D eigenvalue weighted by molar-refractivity contribution is 7.91. The van der Waals surface area contributed by atoms with Gasteiger partial charge in [-0.25, -0.2) is 13.1 Å². The highest BCUT2D eigenvalue weighted by atomic mass is 32.2. The molecule has 1 aromatic carbocycles. The summed E-state index contributed by atoms with van der Waals surface area (Å²) in [5.74, 6) is 1.38. The van der Waals surface area contributed by atoms with Crippen molar-refractivity contribution in [2.24, 2.45) is 0 Å². The standard InChI is InChI=1S/C19H28N4O2S2/c1-4-10-22-18(16-8-6-7-15(3)12-16)20-23(19(22)26)14-21(5-2)17-9-11-27(24,25)13-17/h6-8,12,17H,4-5,9-11,13-14H2,1-3H3/t17-/m0/s1. The van der Waals surface area contributed by atoms with Gasteiger partial charge in [0.25, 0.3) is 0 Å². The van der Waals surface area contributed by atoms with Crippen LogP contribution in [0.4, 0.5) is 0 Å². The van der Waals surface area contributed by atoms with Crippen molar-refractivity contribution in [1.29, 1.82) is 0 Å². The first kappa shape index (κ1) is 20.2. The average Bonchev–Trinajstić information content (AvgIpc) is 3.13. The minimum absolute atomic E-state index is 0.0423. The van der Waals surface area contributed by atoms with Crippen LogP contribution in [0, 0.1) is 11.7 Å². The van der Waals surface area contributed by atoms with Gasteiger partial charge in [0.2, 0.25) is 0 Å². The Morgan fingerprint density at radius 1 is 1.33 bits per heavy atom. The minimum atomic E-state index is -2.91. The van der Waals surface area contributed by atoms with Gasteiger partial charge in [-0.1, -0.05) is 37.6 Å². The number of aryl methyl sites for hydroxylation is 1. The third-order valence-electron chi connectivity index (χ3n) is 5.09. The predicted molar refractivity (Wildman–Crippen MR) is 111 cm³/mol. The van der Waals surface area contributed by atoms with Gasteiger partial charge in [0.15, 0.2) is 20.4 Å². The van der Waals surface area contributed by atoms with E-state index >= 15 is 0 Å². The van der Waals surface area contributed by atoms with Gasteiger partial charge in [0.05, 0.1) is 18.2 Å². The molecule has 1 saturated heterocycles. The molecule has 0 bridgehead atoms. The molecule has 27 heavy (non-hydrogen) atoms. The lowest BCUT2D eigenvalue weighted by Gasteiger charge is -2.26. The zero-order valence-electron chi connectivity index (χ0n) is 16.3. The van der Waals surface area contributed by atoms with Crippen molar-refractivity contribution >= 4 is 22.1 Å². The van der Waals surface area contributed by atoms with Crippen molar-refractivity contribution in [2.75, 3.05) is 18.1 Å². The number of nitrogens with zero attached hydrogens (tertiary/aromatic N) is 4. The van der Waals surface area contributed by atoms with Gasteiger partial charge in [-0.3, -0.25) is 9.47 Å². The number of aromatic nitrogens is 3. The lowest BCUT2D eigenvalue weighted by molar-refractivity contribution is 0.164. The lowest BCUT2D eigenvalue weighted by Crippen LogP contribution is -2.37. The van der Waals surface area contributed by atoms with E-state index in [2.05, 4.69) is 48.4 Å². The van der Waals surface area contributed by atoms with Gasteiger partial charge in [0.1, 0.15) is 0 Å². The van der Waals surface area contributed by atoms with Crippen LogP contribution in [0.5, 0.6) is 0 Å². The number of hydrogen-bond acceptors (Lipinski definition) is 5. The molecule has 0 aliphatic carbocycles. The van der Waals surface area contributed by atoms with E-state index in [1.165, 1.54) is 5.56 Å². The van der Waals surface area contributed by atoms with Gasteiger partial charge in [0, 0.05) is 18.2 Å². The summed E-state index contributed by atoms with van der Waals surface area (Å²) in [4.78, 5) is 2.17. The van der Waals surface area contributed by atoms with Crippen LogP contribution in [-0.4, -0.2) is 51.8 Å². The van der Waals surface area contributed by atoms with Crippen LogP contribution in [0.25, 0.3) is 11.4 Å². The van der Waals surface area contributed by atoms with Gasteiger partial charge < -0.3 is 0 Å². The van der Waals surface area contributed by atoms with Crippen LogP contribution < -0.4 is 0 Å². The minimum Gasteiger partial charge on any atom is -0.300 e. The summed E-state index contributed by atoms with van der Waals surface area (Å²) in [5, 5.41) is 4.82. The molecule has 2 heterocycles. The molecule has 0 amide bonds. The van der Waals surface area contributed by atoms with E-state index in [4.69, 9.17) is 17.3 Å². The molecule has 1 aliphatic rings. The smallest absolute Gasteiger partial charge is 0.199 e. The highest BCUT2D eigenvalue weighted by Gasteiger charge is 2.32. The summed E-state index contributed by atoms with van der Waals surface area (Å²) in [5.41, 5.74) is 2.24. The molecular weight excluding hydrogens is 380 g/mol. The summed E-state index contributed by atoms with van der Waals surface area (Å²) < 4.78 is 28.4. The summed E-state index contributed by atoms with van der Waals surface area (Å²) in [7, 11) is -2.91. The third kappa shape index (κ3) is 4.50. The number of rotatable bonds is 7. The maximum atomic E-state index is 11.9. The largest absolute Gasteiger partial charge is 0.300 e. The average molecular weight is 409 g/mol. The van der Waals surface area contributed by atoms with Crippen LogP contribution >= 0.6 is 12.2 Å². The van der Waals surface area contributed by atoms with Crippen LogP contribution in [0.2, 0.25) is 0 Å². The molecule has 148 valence electrons. The fourth-order valence-electron chi connectivity index (χ4n) is 3.67. The van der Waals surface area contributed by atoms with Crippen molar-refractivity contribution in [2.45, 2.75) is 52.9 Å². The maximum Gasteiger partial charge on any atom is 0.199 e. The van der Waals surface area contributed by atoms with E-state index in [1.807, 2.05) is 10.7 Å². The molecule has 0 unspecified atom stereocenters. The number of hydrogen-bond donors (Lipinski definition) is 0. The summed E-state index contributed by atoms with van der Waals surface area (Å²) in [6.45, 7) is 8.35. The molecule has 0 N–H and O–H groups in total. The predicted octanol–water partition coefficient (Wildman–Crippen LogP) is 3.27. The quantitative estimate of drug-likeness (QED) is 0.658. The fourth-order valence-corrected chi connectivity index (χ4v) is 5.70. The van der Waals surface area contributed by atoms with Crippen LogP contribution in [0.3, 0.4) is 0 Å². The number of sulfone groups is 1.